The Bertz CT molecular complexity index is 659. The number of ether oxygens (including phenoxy) is 1. The predicted molar refractivity (Wildman–Crippen MR) is 112 cm³/mol. The third-order valence-corrected chi connectivity index (χ3v) is 10.2. The molecule has 0 aromatic carbocycles. The van der Waals surface area contributed by atoms with Crippen molar-refractivity contribution in [1.82, 2.24) is 0 Å². The van der Waals surface area contributed by atoms with Crippen LogP contribution in [0, 0.1) is 46.3 Å². The zero-order valence-corrected chi connectivity index (χ0v) is 18.8. The Balaban J connectivity index is 1.60. The van der Waals surface area contributed by atoms with Crippen molar-refractivity contribution in [2.75, 3.05) is 7.11 Å². The van der Waals surface area contributed by atoms with E-state index < -0.39 is 11.5 Å². The molecule has 4 aliphatic rings. The van der Waals surface area contributed by atoms with Gasteiger partial charge in [0.2, 0.25) is 0 Å². The van der Waals surface area contributed by atoms with Gasteiger partial charge >= 0.3 is 5.97 Å². The van der Waals surface area contributed by atoms with E-state index in [1.165, 1.54) is 45.6 Å². The maximum atomic E-state index is 13.8. The van der Waals surface area contributed by atoms with Gasteiger partial charge in [-0.2, -0.15) is 0 Å². The Kier molecular flexibility index (Phi) is 5.63. The van der Waals surface area contributed by atoms with Crippen molar-refractivity contribution in [3.05, 3.63) is 0 Å². The van der Waals surface area contributed by atoms with E-state index in [1.807, 2.05) is 0 Å². The lowest BCUT2D eigenvalue weighted by Gasteiger charge is -2.61. The van der Waals surface area contributed by atoms with Gasteiger partial charge in [0.1, 0.15) is 6.10 Å². The molecule has 0 aliphatic heterocycles. The lowest BCUT2D eigenvalue weighted by atomic mass is 9.43. The van der Waals surface area contributed by atoms with Crippen LogP contribution in [0.5, 0.6) is 0 Å². The Morgan fingerprint density at radius 1 is 1.17 bits per heavy atom. The molecule has 9 unspecified atom stereocenters. The molecule has 0 aromatic rings. The number of carbonyl (C=O) groups excluding carboxylic acids is 2. The average molecular weight is 405 g/mol. The molecule has 164 valence electrons. The maximum Gasteiger partial charge on any atom is 0.305 e. The van der Waals surface area contributed by atoms with E-state index in [1.54, 1.807) is 0 Å². The third kappa shape index (κ3) is 3.11. The number of esters is 1. The lowest BCUT2D eigenvalue weighted by molar-refractivity contribution is -0.184. The van der Waals surface area contributed by atoms with E-state index in [9.17, 15) is 14.7 Å². The minimum atomic E-state index is -0.805. The molecule has 0 amide bonds. The molecule has 4 nitrogen and oxygen atoms in total. The van der Waals surface area contributed by atoms with Crippen LogP contribution < -0.4 is 0 Å². The number of Topliss-reactive ketones (excluding diaryl/α,β-unsaturated/α-hetero) is 1. The molecule has 1 N–H and O–H groups in total. The van der Waals surface area contributed by atoms with Gasteiger partial charge in [-0.3, -0.25) is 9.59 Å². The first kappa shape index (κ1) is 21.3. The summed E-state index contributed by atoms with van der Waals surface area (Å²) in [4.78, 5) is 25.4. The standard InChI is InChI=1S/C25H40O4/c1-15(8-13-20(26)29-4)18-11-12-19-17-10-9-16-7-5-6-14-24(16,2)21(17)22(27)23(28)25(18,19)3/h15-19,21-22,27H,5-14H2,1-4H3. The van der Waals surface area contributed by atoms with E-state index in [2.05, 4.69) is 20.8 Å². The topological polar surface area (TPSA) is 63.6 Å². The van der Waals surface area contributed by atoms with Crippen LogP contribution in [0.25, 0.3) is 0 Å². The third-order valence-electron chi connectivity index (χ3n) is 10.2. The van der Waals surface area contributed by atoms with Crippen molar-refractivity contribution < 1.29 is 19.4 Å². The number of rotatable bonds is 4. The number of hydrogen-bond donors (Lipinski definition) is 1. The molecule has 9 atom stereocenters. The van der Waals surface area contributed by atoms with Crippen LogP contribution in [0.3, 0.4) is 0 Å². The van der Waals surface area contributed by atoms with Crippen LogP contribution in [-0.2, 0) is 14.3 Å². The Morgan fingerprint density at radius 2 is 1.93 bits per heavy atom. The van der Waals surface area contributed by atoms with Crippen molar-refractivity contribution >= 4 is 11.8 Å². The van der Waals surface area contributed by atoms with Crippen LogP contribution in [0.4, 0.5) is 0 Å². The van der Waals surface area contributed by atoms with Crippen LogP contribution in [0.1, 0.15) is 85.0 Å². The molecule has 4 saturated carbocycles. The van der Waals surface area contributed by atoms with Gasteiger partial charge in [-0.1, -0.05) is 33.6 Å². The SMILES string of the molecule is COC(=O)CCC(C)C1CCC2C3CCC4CCCCC4(C)C3C(O)C(=O)C12C. The minimum Gasteiger partial charge on any atom is -0.469 e. The van der Waals surface area contributed by atoms with Crippen molar-refractivity contribution in [3.63, 3.8) is 0 Å². The number of hydrogen-bond acceptors (Lipinski definition) is 4. The zero-order chi connectivity index (χ0) is 21.0. The van der Waals surface area contributed by atoms with E-state index in [0.29, 0.717) is 30.1 Å². The summed E-state index contributed by atoms with van der Waals surface area (Å²) in [6, 6.07) is 0. The lowest BCUT2D eigenvalue weighted by Crippen LogP contribution is -2.63. The molecule has 4 fully saturated rings. The van der Waals surface area contributed by atoms with Gasteiger partial charge in [0.15, 0.2) is 5.78 Å². The summed E-state index contributed by atoms with van der Waals surface area (Å²) in [7, 11) is 1.43. The number of aliphatic hydroxyl groups excluding tert-OH is 1. The molecule has 4 heteroatoms. The quantitative estimate of drug-likeness (QED) is 0.685. The van der Waals surface area contributed by atoms with E-state index in [-0.39, 0.29) is 29.0 Å². The van der Waals surface area contributed by atoms with Gasteiger partial charge < -0.3 is 9.84 Å². The number of ketones is 1. The van der Waals surface area contributed by atoms with Crippen molar-refractivity contribution in [3.8, 4) is 0 Å². The van der Waals surface area contributed by atoms with Crippen molar-refractivity contribution in [2.45, 2.75) is 91.1 Å². The van der Waals surface area contributed by atoms with Crippen molar-refractivity contribution in [1.29, 1.82) is 0 Å². The molecule has 0 saturated heterocycles. The summed E-state index contributed by atoms with van der Waals surface area (Å²) in [5.74, 6) is 2.20. The van der Waals surface area contributed by atoms with Crippen LogP contribution in [0.2, 0.25) is 0 Å². The highest BCUT2D eigenvalue weighted by Gasteiger charge is 2.66. The number of aliphatic hydroxyl groups is 1. The molecule has 29 heavy (non-hydrogen) atoms. The highest BCUT2D eigenvalue weighted by Crippen LogP contribution is 2.67. The zero-order valence-electron chi connectivity index (χ0n) is 18.8. The number of methoxy groups -OCH3 is 1. The molecule has 4 aliphatic carbocycles. The second kappa shape index (κ2) is 7.66. The molecule has 0 aromatic heterocycles. The molecule has 0 bridgehead atoms. The fraction of sp³-hybridized carbons (Fsp3) is 0.920. The smallest absolute Gasteiger partial charge is 0.305 e. The fourth-order valence-corrected chi connectivity index (χ4v) is 8.72. The van der Waals surface area contributed by atoms with Gasteiger partial charge in [-0.15, -0.1) is 0 Å². The second-order valence-corrected chi connectivity index (χ2v) is 11.2. The van der Waals surface area contributed by atoms with Gasteiger partial charge in [-0.25, -0.2) is 0 Å². The van der Waals surface area contributed by atoms with Gasteiger partial charge in [0, 0.05) is 17.8 Å². The first-order valence-electron chi connectivity index (χ1n) is 12.0. The normalized spacial score (nSPS) is 47.7. The minimum absolute atomic E-state index is 0.114. The molecule has 0 radical (unpaired) electrons. The largest absolute Gasteiger partial charge is 0.469 e. The van der Waals surface area contributed by atoms with Crippen LogP contribution >= 0.6 is 0 Å². The second-order valence-electron chi connectivity index (χ2n) is 11.2. The maximum absolute atomic E-state index is 13.8. The Labute approximate surface area is 176 Å². The number of fused-ring (bicyclic) bond motifs is 5. The van der Waals surface area contributed by atoms with Crippen molar-refractivity contribution in [2.24, 2.45) is 46.3 Å². The molecular weight excluding hydrogens is 364 g/mol. The van der Waals surface area contributed by atoms with Crippen LogP contribution in [0.15, 0.2) is 0 Å². The van der Waals surface area contributed by atoms with Gasteiger partial charge in [0.05, 0.1) is 7.11 Å². The highest BCUT2D eigenvalue weighted by molar-refractivity contribution is 5.91. The Hall–Kier alpha value is -0.900. The highest BCUT2D eigenvalue weighted by atomic mass is 16.5. The molecular formula is C25H40O4. The first-order valence-corrected chi connectivity index (χ1v) is 12.0. The van der Waals surface area contributed by atoms with Gasteiger partial charge in [-0.05, 0) is 80.0 Å². The molecule has 4 rings (SSSR count). The van der Waals surface area contributed by atoms with Crippen LogP contribution in [-0.4, -0.2) is 30.1 Å². The summed E-state index contributed by atoms with van der Waals surface area (Å²) < 4.78 is 4.82. The molecule has 0 spiro atoms. The number of carbonyl (C=O) groups is 2. The monoisotopic (exact) mass is 404 g/mol. The fourth-order valence-electron chi connectivity index (χ4n) is 8.72. The summed E-state index contributed by atoms with van der Waals surface area (Å²) >= 11 is 0. The first-order chi connectivity index (χ1) is 13.7. The summed E-state index contributed by atoms with van der Waals surface area (Å²) in [6.07, 6.45) is 9.97. The Morgan fingerprint density at radius 3 is 2.66 bits per heavy atom. The summed E-state index contributed by atoms with van der Waals surface area (Å²) in [6.45, 7) is 6.73. The van der Waals surface area contributed by atoms with E-state index in [0.717, 1.165) is 19.3 Å². The van der Waals surface area contributed by atoms with E-state index >= 15 is 0 Å². The molecule has 0 heterocycles. The summed E-state index contributed by atoms with van der Waals surface area (Å²) in [5, 5.41) is 11.4. The van der Waals surface area contributed by atoms with Gasteiger partial charge in [0.25, 0.3) is 0 Å². The predicted octanol–water partition coefficient (Wildman–Crippen LogP) is 4.77. The summed E-state index contributed by atoms with van der Waals surface area (Å²) in [5.41, 5.74) is -0.305. The average Bonchev–Trinajstić information content (AvgIpc) is 3.07. The van der Waals surface area contributed by atoms with E-state index in [4.69, 9.17) is 4.74 Å².